The van der Waals surface area contributed by atoms with Crippen LogP contribution in [0.15, 0.2) is 12.7 Å². The molecule has 0 fully saturated rings. The molecule has 1 atom stereocenters. The molecule has 0 amide bonds. The van der Waals surface area contributed by atoms with Crippen molar-refractivity contribution in [1.29, 1.82) is 0 Å². The fourth-order valence-corrected chi connectivity index (χ4v) is 1.30. The fraction of sp³-hybridized carbons (Fsp3) is 0.625. The Hall–Kier alpha value is -0.653. The van der Waals surface area contributed by atoms with E-state index in [1.54, 1.807) is 6.08 Å². The van der Waals surface area contributed by atoms with Gasteiger partial charge in [-0.1, -0.05) is 6.08 Å². The number of hydrogen-bond acceptors (Lipinski definition) is 4. The number of esters is 1. The number of carbonyl (C=O) groups excluding carboxylic acids is 1. The summed E-state index contributed by atoms with van der Waals surface area (Å²) in [5, 5.41) is 0. The van der Waals surface area contributed by atoms with Crippen LogP contribution in [0.4, 0.5) is 0 Å². The Morgan fingerprint density at radius 1 is 1.69 bits per heavy atom. The lowest BCUT2D eigenvalue weighted by Crippen LogP contribution is -2.22. The van der Waals surface area contributed by atoms with E-state index in [-0.39, 0.29) is 5.97 Å². The van der Waals surface area contributed by atoms with E-state index in [2.05, 4.69) is 6.58 Å². The number of carbonyl (C=O) groups is 1. The Kier molecular flexibility index (Phi) is 7.57. The van der Waals surface area contributed by atoms with Crippen molar-refractivity contribution in [3.8, 4) is 0 Å². The molecule has 0 heterocycles. The van der Waals surface area contributed by atoms with Crippen LogP contribution in [0.1, 0.15) is 20.3 Å². The van der Waals surface area contributed by atoms with Crippen molar-refractivity contribution in [3.05, 3.63) is 12.7 Å². The maximum atomic E-state index is 10.6. The molecule has 5 heteroatoms. The van der Waals surface area contributed by atoms with Crippen molar-refractivity contribution >= 4 is 16.0 Å². The summed E-state index contributed by atoms with van der Waals surface area (Å²) >= 11 is 0. The fourth-order valence-electron chi connectivity index (χ4n) is 0.679. The number of rotatable bonds is 7. The average Bonchev–Trinajstić information content (AvgIpc) is 2.04. The zero-order valence-corrected chi connectivity index (χ0v) is 9.53. The lowest BCUT2D eigenvalue weighted by atomic mass is 10.4. The lowest BCUT2D eigenvalue weighted by molar-refractivity contribution is -0.161. The molecule has 0 aromatic carbocycles. The van der Waals surface area contributed by atoms with Crippen LogP contribution in [0.5, 0.6) is 0 Å². The third-order valence-electron chi connectivity index (χ3n) is 1.20. The van der Waals surface area contributed by atoms with Crippen molar-refractivity contribution in [2.24, 2.45) is 0 Å². The smallest absolute Gasteiger partial charge is 0.307 e. The molecule has 0 spiro atoms. The van der Waals surface area contributed by atoms with Gasteiger partial charge in [-0.2, -0.15) is 0 Å². The zero-order valence-electron chi connectivity index (χ0n) is 8.12. The van der Waals surface area contributed by atoms with Crippen LogP contribution in [-0.4, -0.2) is 28.9 Å². The minimum absolute atomic E-state index is 0.350. The molecule has 0 aromatic rings. The highest BCUT2D eigenvalue weighted by Crippen LogP contribution is 2.01. The van der Waals surface area contributed by atoms with Crippen molar-refractivity contribution in [2.45, 2.75) is 26.6 Å². The zero-order chi connectivity index (χ0) is 10.1. The molecule has 0 saturated carbocycles. The molecule has 1 unspecified atom stereocenters. The highest BCUT2D eigenvalue weighted by molar-refractivity contribution is 6.18. The molecule has 0 rings (SSSR count). The maximum absolute atomic E-state index is 10.6. The first kappa shape index (κ1) is 12.3. The molecule has 0 aliphatic rings. The maximum Gasteiger partial charge on any atom is 0.307 e. The highest BCUT2D eigenvalue weighted by Gasteiger charge is 2.09. The summed E-state index contributed by atoms with van der Waals surface area (Å²) in [6.45, 7) is 7.41. The third kappa shape index (κ3) is 7.70. The van der Waals surface area contributed by atoms with Crippen LogP contribution in [-0.2, 0) is 18.4 Å². The van der Waals surface area contributed by atoms with E-state index in [0.717, 1.165) is 0 Å². The second kappa shape index (κ2) is 7.97. The SMILES string of the molecule is C=CCC(O[SiH2]OCC)OC(C)=O. The number of hydrogen-bond donors (Lipinski definition) is 0. The van der Waals surface area contributed by atoms with Gasteiger partial charge in [-0.15, -0.1) is 6.58 Å². The van der Waals surface area contributed by atoms with Crippen LogP contribution in [0.25, 0.3) is 0 Å². The Labute approximate surface area is 80.9 Å². The van der Waals surface area contributed by atoms with Crippen molar-refractivity contribution in [1.82, 2.24) is 0 Å². The van der Waals surface area contributed by atoms with E-state index in [1.807, 2.05) is 6.92 Å². The monoisotopic (exact) mass is 204 g/mol. The van der Waals surface area contributed by atoms with Crippen LogP contribution < -0.4 is 0 Å². The first-order chi connectivity index (χ1) is 6.20. The standard InChI is InChI=1S/C8H16O4Si/c1-4-6-8(11-7(3)9)12-13-10-5-2/h4,8H,1,5-6,13H2,2-3H3. The first-order valence-electron chi connectivity index (χ1n) is 4.18. The van der Waals surface area contributed by atoms with E-state index in [4.69, 9.17) is 13.6 Å². The first-order valence-corrected chi connectivity index (χ1v) is 5.33. The predicted octanol–water partition coefficient (Wildman–Crippen LogP) is 0.504. The topological polar surface area (TPSA) is 44.8 Å². The number of ether oxygens (including phenoxy) is 1. The van der Waals surface area contributed by atoms with Gasteiger partial charge >= 0.3 is 16.0 Å². The predicted molar refractivity (Wildman–Crippen MR) is 51.6 cm³/mol. The van der Waals surface area contributed by atoms with E-state index >= 15 is 0 Å². The average molecular weight is 204 g/mol. The lowest BCUT2D eigenvalue weighted by Gasteiger charge is -2.15. The Morgan fingerprint density at radius 3 is 2.85 bits per heavy atom. The summed E-state index contributed by atoms with van der Waals surface area (Å²) < 4.78 is 15.2. The van der Waals surface area contributed by atoms with Crippen LogP contribution in [0.3, 0.4) is 0 Å². The molecule has 0 aromatic heterocycles. The minimum atomic E-state index is -1.02. The third-order valence-corrected chi connectivity index (χ3v) is 2.28. The van der Waals surface area contributed by atoms with Crippen LogP contribution in [0.2, 0.25) is 0 Å². The van der Waals surface area contributed by atoms with Gasteiger partial charge in [0.2, 0.25) is 0 Å². The minimum Gasteiger partial charge on any atom is -0.437 e. The van der Waals surface area contributed by atoms with Gasteiger partial charge in [-0.05, 0) is 6.92 Å². The van der Waals surface area contributed by atoms with Gasteiger partial charge in [0.05, 0.1) is 0 Å². The second-order valence-corrected chi connectivity index (χ2v) is 3.32. The molecule has 4 nitrogen and oxygen atoms in total. The molecule has 0 radical (unpaired) electrons. The van der Waals surface area contributed by atoms with Gasteiger partial charge < -0.3 is 13.6 Å². The van der Waals surface area contributed by atoms with E-state index < -0.39 is 16.3 Å². The van der Waals surface area contributed by atoms with Gasteiger partial charge in [0.15, 0.2) is 6.29 Å². The molecular formula is C8H16O4Si. The summed E-state index contributed by atoms with van der Waals surface area (Å²) in [5.41, 5.74) is 0. The molecule has 76 valence electrons. The Bertz CT molecular complexity index is 160. The van der Waals surface area contributed by atoms with Crippen molar-refractivity contribution < 1.29 is 18.4 Å². The quantitative estimate of drug-likeness (QED) is 0.199. The van der Waals surface area contributed by atoms with Gasteiger partial charge in [0, 0.05) is 20.0 Å². The Balaban J connectivity index is 3.65. The van der Waals surface area contributed by atoms with E-state index in [1.165, 1.54) is 6.92 Å². The molecule has 0 bridgehead atoms. The summed E-state index contributed by atoms with van der Waals surface area (Å²) in [5.74, 6) is -0.350. The largest absolute Gasteiger partial charge is 0.437 e. The highest BCUT2D eigenvalue weighted by atomic mass is 28.3. The van der Waals surface area contributed by atoms with Crippen molar-refractivity contribution in [2.75, 3.05) is 6.61 Å². The van der Waals surface area contributed by atoms with Gasteiger partial charge in [0.25, 0.3) is 0 Å². The van der Waals surface area contributed by atoms with Gasteiger partial charge in [-0.3, -0.25) is 4.79 Å². The second-order valence-electron chi connectivity index (χ2n) is 2.34. The molecule has 0 saturated heterocycles. The summed E-state index contributed by atoms with van der Waals surface area (Å²) in [6.07, 6.45) is 1.63. The van der Waals surface area contributed by atoms with E-state index in [0.29, 0.717) is 13.0 Å². The van der Waals surface area contributed by atoms with Crippen molar-refractivity contribution in [3.63, 3.8) is 0 Å². The normalized spacial score (nSPS) is 13.1. The van der Waals surface area contributed by atoms with Gasteiger partial charge in [0.1, 0.15) is 0 Å². The Morgan fingerprint density at radius 2 is 2.38 bits per heavy atom. The van der Waals surface area contributed by atoms with E-state index in [9.17, 15) is 4.79 Å². The molecule has 13 heavy (non-hydrogen) atoms. The summed E-state index contributed by atoms with van der Waals surface area (Å²) in [7, 11) is -1.02. The molecular weight excluding hydrogens is 188 g/mol. The molecule has 0 aliphatic heterocycles. The molecule has 0 aliphatic carbocycles. The summed E-state index contributed by atoms with van der Waals surface area (Å²) in [4.78, 5) is 10.6. The van der Waals surface area contributed by atoms with Crippen LogP contribution in [0, 0.1) is 0 Å². The molecule has 0 N–H and O–H groups in total. The van der Waals surface area contributed by atoms with Crippen LogP contribution >= 0.6 is 0 Å². The van der Waals surface area contributed by atoms with Gasteiger partial charge in [-0.25, -0.2) is 0 Å². The summed E-state index contributed by atoms with van der Waals surface area (Å²) in [6, 6.07) is 0.